The van der Waals surface area contributed by atoms with Crippen molar-refractivity contribution in [1.29, 1.82) is 0 Å². The van der Waals surface area contributed by atoms with Crippen molar-refractivity contribution >= 4 is 0 Å². The Bertz CT molecular complexity index is 224. The van der Waals surface area contributed by atoms with Gasteiger partial charge in [0.15, 0.2) is 0 Å². The van der Waals surface area contributed by atoms with Gasteiger partial charge in [0.25, 0.3) is 0 Å². The molecule has 1 aliphatic carbocycles. The third kappa shape index (κ3) is 7.82. The van der Waals surface area contributed by atoms with Gasteiger partial charge in [-0.3, -0.25) is 0 Å². The van der Waals surface area contributed by atoms with Gasteiger partial charge < -0.3 is 38.0 Å². The molecule has 0 radical (unpaired) electrons. The van der Waals surface area contributed by atoms with Gasteiger partial charge >= 0.3 is 0 Å². The average molecular weight is 232 g/mol. The molecule has 0 heterocycles. The van der Waals surface area contributed by atoms with E-state index in [1.807, 2.05) is 37.5 Å². The summed E-state index contributed by atoms with van der Waals surface area (Å²) in [5, 5.41) is 0. The Labute approximate surface area is 109 Å². The van der Waals surface area contributed by atoms with E-state index in [9.17, 15) is 0 Å². The van der Waals surface area contributed by atoms with Crippen LogP contribution in [-0.2, 0) is 21.7 Å². The Hall–Kier alpha value is -0.0657. The molecule has 1 fully saturated rings. The van der Waals surface area contributed by atoms with Crippen LogP contribution in [0.4, 0.5) is 0 Å². The SMILES string of the molecule is C[C-]1[CH-][CH-][CH-][CH-][CH-]1.Cc1ccccc1.[Ti]. The Balaban J connectivity index is 0.000000245. The molecule has 0 saturated heterocycles. The molecule has 2 rings (SSSR count). The van der Waals surface area contributed by atoms with E-state index >= 15 is 0 Å². The van der Waals surface area contributed by atoms with Crippen LogP contribution in [0.3, 0.4) is 0 Å². The summed E-state index contributed by atoms with van der Waals surface area (Å²) >= 11 is 0. The largest absolute Gasteiger partial charge is 0.726 e. The molecule has 0 nitrogen and oxygen atoms in total. The molecule has 1 aromatic carbocycles. The molecular formula is C14H16Ti-6. The smallest absolute Gasteiger partial charge is 0 e. The monoisotopic (exact) mass is 232 g/mol. The number of hydrogen-bond acceptors (Lipinski definition) is 0. The zero-order chi connectivity index (χ0) is 10.2. The Morgan fingerprint density at radius 1 is 0.933 bits per heavy atom. The molecule has 0 N–H and O–H groups in total. The van der Waals surface area contributed by atoms with Crippen LogP contribution >= 0.6 is 0 Å². The van der Waals surface area contributed by atoms with Crippen LogP contribution in [0.5, 0.6) is 0 Å². The van der Waals surface area contributed by atoms with Gasteiger partial charge in [0.2, 0.25) is 0 Å². The molecule has 0 amide bonds. The minimum atomic E-state index is 0. The van der Waals surface area contributed by atoms with Crippen molar-refractivity contribution in [1.82, 2.24) is 0 Å². The Kier molecular flexibility index (Phi) is 9.14. The summed E-state index contributed by atoms with van der Waals surface area (Å²) in [6.07, 6.45) is 10.3. The van der Waals surface area contributed by atoms with Gasteiger partial charge in [-0.1, -0.05) is 35.9 Å². The molecule has 82 valence electrons. The summed E-state index contributed by atoms with van der Waals surface area (Å²) in [4.78, 5) is 0. The second-order valence-electron chi connectivity index (χ2n) is 3.31. The van der Waals surface area contributed by atoms with E-state index in [0.717, 1.165) is 0 Å². The second-order valence-corrected chi connectivity index (χ2v) is 3.31. The minimum Gasteiger partial charge on any atom is -0.726 e. The van der Waals surface area contributed by atoms with Crippen molar-refractivity contribution in [2.75, 3.05) is 0 Å². The fourth-order valence-electron chi connectivity index (χ4n) is 1.07. The first kappa shape index (κ1) is 14.9. The topological polar surface area (TPSA) is 0 Å². The van der Waals surface area contributed by atoms with E-state index < -0.39 is 0 Å². The maximum atomic E-state index is 2.08. The van der Waals surface area contributed by atoms with E-state index in [1.54, 1.807) is 0 Å². The number of hydrogen-bond donors (Lipinski definition) is 0. The van der Waals surface area contributed by atoms with Crippen molar-refractivity contribution in [2.45, 2.75) is 13.8 Å². The normalized spacial score (nSPS) is 15.9. The third-order valence-corrected chi connectivity index (χ3v) is 1.88. The van der Waals surface area contributed by atoms with Gasteiger partial charge in [-0.2, -0.15) is 0 Å². The maximum Gasteiger partial charge on any atom is 0 e. The van der Waals surface area contributed by atoms with Gasteiger partial charge in [0, 0.05) is 21.7 Å². The molecule has 0 spiro atoms. The fraction of sp³-hybridized carbons (Fsp3) is 0.143. The molecule has 0 aliphatic heterocycles. The molecule has 1 aromatic rings. The number of rotatable bonds is 0. The summed E-state index contributed by atoms with van der Waals surface area (Å²) in [6.45, 7) is 4.17. The van der Waals surface area contributed by atoms with Crippen LogP contribution in [0.15, 0.2) is 30.3 Å². The van der Waals surface area contributed by atoms with Crippen LogP contribution in [-0.4, -0.2) is 0 Å². The van der Waals surface area contributed by atoms with Crippen LogP contribution < -0.4 is 0 Å². The standard InChI is InChI=1S/2C7H8.Ti/c2*1-7-5-3-2-4-6-7;/h2*2-6H,1H3;/q;-6;. The fourth-order valence-corrected chi connectivity index (χ4v) is 1.07. The van der Waals surface area contributed by atoms with Gasteiger partial charge in [-0.25, -0.2) is 6.92 Å². The molecule has 0 unspecified atom stereocenters. The first-order valence-electron chi connectivity index (χ1n) is 4.82. The van der Waals surface area contributed by atoms with Gasteiger partial charge in [0.05, 0.1) is 0 Å². The number of benzene rings is 1. The van der Waals surface area contributed by atoms with Gasteiger partial charge in [-0.05, 0) is 6.92 Å². The zero-order valence-corrected chi connectivity index (χ0v) is 10.8. The van der Waals surface area contributed by atoms with Crippen LogP contribution in [0.1, 0.15) is 12.5 Å². The van der Waals surface area contributed by atoms with E-state index in [1.165, 1.54) is 11.5 Å². The Morgan fingerprint density at radius 3 is 1.73 bits per heavy atom. The predicted molar refractivity (Wildman–Crippen MR) is 61.6 cm³/mol. The molecule has 0 aromatic heterocycles. The van der Waals surface area contributed by atoms with Gasteiger partial charge in [-0.15, -0.1) is 0 Å². The van der Waals surface area contributed by atoms with Crippen LogP contribution in [0.2, 0.25) is 0 Å². The van der Waals surface area contributed by atoms with Crippen molar-refractivity contribution in [3.63, 3.8) is 0 Å². The van der Waals surface area contributed by atoms with E-state index in [4.69, 9.17) is 0 Å². The second kappa shape index (κ2) is 9.18. The average Bonchev–Trinajstić information content (AvgIpc) is 2.21. The molecule has 15 heavy (non-hydrogen) atoms. The van der Waals surface area contributed by atoms with Gasteiger partial charge in [0.1, 0.15) is 0 Å². The molecule has 0 atom stereocenters. The van der Waals surface area contributed by atoms with E-state index in [-0.39, 0.29) is 21.7 Å². The third-order valence-electron chi connectivity index (χ3n) is 1.88. The molecule has 1 aliphatic rings. The summed E-state index contributed by atoms with van der Waals surface area (Å²) < 4.78 is 0. The van der Waals surface area contributed by atoms with Crippen molar-refractivity contribution in [2.24, 2.45) is 0 Å². The predicted octanol–water partition coefficient (Wildman–Crippen LogP) is 3.61. The summed E-state index contributed by atoms with van der Waals surface area (Å²) in [5.41, 5.74) is 1.32. The molecule has 1 saturated carbocycles. The van der Waals surface area contributed by atoms with E-state index in [0.29, 0.717) is 0 Å². The van der Waals surface area contributed by atoms with Crippen LogP contribution in [0.25, 0.3) is 0 Å². The first-order chi connectivity index (χ1) is 6.79. The van der Waals surface area contributed by atoms with Crippen molar-refractivity contribution in [3.05, 3.63) is 73.9 Å². The summed E-state index contributed by atoms with van der Waals surface area (Å²) in [5.74, 6) is 1.32. The quantitative estimate of drug-likeness (QED) is 0.473. The number of aryl methyl sites for hydroxylation is 1. The van der Waals surface area contributed by atoms with Crippen LogP contribution in [0, 0.1) is 44.9 Å². The van der Waals surface area contributed by atoms with Crippen molar-refractivity contribution < 1.29 is 21.7 Å². The van der Waals surface area contributed by atoms with Crippen molar-refractivity contribution in [3.8, 4) is 0 Å². The summed E-state index contributed by atoms with van der Waals surface area (Å²) in [6, 6.07) is 10.3. The zero-order valence-electron chi connectivity index (χ0n) is 9.27. The summed E-state index contributed by atoms with van der Waals surface area (Å²) in [7, 11) is 0. The maximum absolute atomic E-state index is 2.08. The minimum absolute atomic E-state index is 0. The Morgan fingerprint density at radius 2 is 1.47 bits per heavy atom. The molecular weight excluding hydrogens is 216 g/mol. The molecule has 1 heteroatoms. The first-order valence-corrected chi connectivity index (χ1v) is 4.82. The van der Waals surface area contributed by atoms with E-state index in [2.05, 4.69) is 38.8 Å². The molecule has 0 bridgehead atoms.